The summed E-state index contributed by atoms with van der Waals surface area (Å²) in [7, 11) is 0. The number of alkyl halides is 3. The average molecular weight is 405 g/mol. The number of aromatic nitrogens is 2. The van der Waals surface area contributed by atoms with Gasteiger partial charge >= 0.3 is 6.18 Å². The van der Waals surface area contributed by atoms with Crippen LogP contribution in [0.3, 0.4) is 0 Å². The van der Waals surface area contributed by atoms with Crippen LogP contribution in [0.1, 0.15) is 18.4 Å². The van der Waals surface area contributed by atoms with E-state index in [2.05, 4.69) is 20.2 Å². The van der Waals surface area contributed by atoms with E-state index in [0.717, 1.165) is 56.7 Å². The Bertz CT molecular complexity index is 884. The van der Waals surface area contributed by atoms with Crippen LogP contribution in [0.4, 0.5) is 36.3 Å². The zero-order valence-corrected chi connectivity index (χ0v) is 15.9. The first-order valence-electron chi connectivity index (χ1n) is 9.81. The van der Waals surface area contributed by atoms with E-state index in [0.29, 0.717) is 18.5 Å². The number of ether oxygens (including phenoxy) is 1. The summed E-state index contributed by atoms with van der Waals surface area (Å²) in [6.07, 6.45) is -1.86. The van der Waals surface area contributed by atoms with Gasteiger partial charge < -0.3 is 19.9 Å². The molecule has 2 aromatic rings. The highest BCUT2D eigenvalue weighted by Gasteiger charge is 2.49. The molecule has 1 spiro atoms. The Kier molecular flexibility index (Phi) is 4.31. The van der Waals surface area contributed by atoms with Crippen LogP contribution in [-0.2, 0) is 10.9 Å². The SMILES string of the molecule is FC(F)(F)c1cnc(Nc2ccc(N3CC4(COC4)C3)cc2)nc1N1CCCC1. The summed E-state index contributed by atoms with van der Waals surface area (Å²) in [5.41, 5.74) is 1.42. The van der Waals surface area contributed by atoms with Gasteiger partial charge in [-0.05, 0) is 37.1 Å². The third kappa shape index (κ3) is 3.48. The van der Waals surface area contributed by atoms with Gasteiger partial charge in [-0.25, -0.2) is 4.98 Å². The second-order valence-corrected chi connectivity index (χ2v) is 8.14. The van der Waals surface area contributed by atoms with Crippen LogP contribution in [-0.4, -0.2) is 49.4 Å². The van der Waals surface area contributed by atoms with E-state index in [-0.39, 0.29) is 11.8 Å². The fourth-order valence-electron chi connectivity index (χ4n) is 4.21. The maximum Gasteiger partial charge on any atom is 0.421 e. The molecule has 29 heavy (non-hydrogen) atoms. The fourth-order valence-corrected chi connectivity index (χ4v) is 4.21. The van der Waals surface area contributed by atoms with Gasteiger partial charge in [-0.15, -0.1) is 0 Å². The van der Waals surface area contributed by atoms with Crippen LogP contribution in [0, 0.1) is 5.41 Å². The van der Waals surface area contributed by atoms with Gasteiger partial charge in [0.15, 0.2) is 0 Å². The van der Waals surface area contributed by atoms with Crippen LogP contribution < -0.4 is 15.1 Å². The highest BCUT2D eigenvalue weighted by atomic mass is 19.4. The molecule has 5 rings (SSSR count). The minimum Gasteiger partial charge on any atom is -0.380 e. The van der Waals surface area contributed by atoms with Gasteiger partial charge in [0.1, 0.15) is 11.4 Å². The lowest BCUT2D eigenvalue weighted by Crippen LogP contribution is -2.66. The Morgan fingerprint density at radius 2 is 1.69 bits per heavy atom. The lowest BCUT2D eigenvalue weighted by Gasteiger charge is -2.56. The molecule has 0 aliphatic carbocycles. The number of nitrogens with one attached hydrogen (secondary N) is 1. The third-order valence-electron chi connectivity index (χ3n) is 5.84. The molecular weight excluding hydrogens is 383 g/mol. The van der Waals surface area contributed by atoms with Gasteiger partial charge in [0.2, 0.25) is 5.95 Å². The maximum absolute atomic E-state index is 13.4. The third-order valence-corrected chi connectivity index (χ3v) is 5.84. The largest absolute Gasteiger partial charge is 0.421 e. The van der Waals surface area contributed by atoms with Crippen LogP contribution in [0.25, 0.3) is 0 Å². The molecule has 4 heterocycles. The molecule has 3 aliphatic rings. The number of halogens is 3. The molecule has 0 radical (unpaired) electrons. The van der Waals surface area contributed by atoms with E-state index in [1.54, 1.807) is 4.90 Å². The van der Waals surface area contributed by atoms with Crippen molar-refractivity contribution >= 4 is 23.1 Å². The van der Waals surface area contributed by atoms with Gasteiger partial charge in [-0.2, -0.15) is 18.2 Å². The number of rotatable bonds is 4. The highest BCUT2D eigenvalue weighted by Crippen LogP contribution is 2.40. The first-order valence-corrected chi connectivity index (χ1v) is 9.81. The van der Waals surface area contributed by atoms with Crippen molar-refractivity contribution in [2.45, 2.75) is 19.0 Å². The standard InChI is InChI=1S/C20H22F3N5O/c21-20(22,23)16-9-24-18(26-17(16)27-7-1-2-8-27)25-14-3-5-15(6-4-14)28-10-19(11-28)12-29-13-19/h3-6,9H,1-2,7-8,10-13H2,(H,24,25,26). The second-order valence-electron chi connectivity index (χ2n) is 8.14. The van der Waals surface area contributed by atoms with E-state index < -0.39 is 11.7 Å². The fraction of sp³-hybridized carbons (Fsp3) is 0.500. The first-order chi connectivity index (χ1) is 13.9. The molecule has 6 nitrogen and oxygen atoms in total. The number of benzene rings is 1. The number of hydrogen-bond donors (Lipinski definition) is 1. The van der Waals surface area contributed by atoms with Crippen molar-refractivity contribution in [3.63, 3.8) is 0 Å². The minimum atomic E-state index is -4.47. The lowest BCUT2D eigenvalue weighted by atomic mass is 9.78. The smallest absolute Gasteiger partial charge is 0.380 e. The van der Waals surface area contributed by atoms with Crippen molar-refractivity contribution in [2.75, 3.05) is 54.5 Å². The van der Waals surface area contributed by atoms with Gasteiger partial charge in [-0.1, -0.05) is 0 Å². The summed E-state index contributed by atoms with van der Waals surface area (Å²) in [5.74, 6) is 0.125. The van der Waals surface area contributed by atoms with Crippen molar-refractivity contribution in [1.82, 2.24) is 9.97 Å². The summed E-state index contributed by atoms with van der Waals surface area (Å²) >= 11 is 0. The molecule has 3 aliphatic heterocycles. The van der Waals surface area contributed by atoms with E-state index in [9.17, 15) is 13.2 Å². The number of nitrogens with zero attached hydrogens (tertiary/aromatic N) is 4. The lowest BCUT2D eigenvalue weighted by molar-refractivity contribution is -0.137. The topological polar surface area (TPSA) is 53.5 Å². The van der Waals surface area contributed by atoms with Gasteiger partial charge in [0.05, 0.1) is 18.6 Å². The predicted molar refractivity (Wildman–Crippen MR) is 104 cm³/mol. The Balaban J connectivity index is 1.31. The van der Waals surface area contributed by atoms with Crippen LogP contribution in [0.15, 0.2) is 30.5 Å². The Morgan fingerprint density at radius 3 is 2.28 bits per heavy atom. The normalized spacial score (nSPS) is 20.5. The molecule has 0 bridgehead atoms. The Hall–Kier alpha value is -2.55. The molecule has 0 unspecified atom stereocenters. The number of anilines is 4. The van der Waals surface area contributed by atoms with Crippen molar-refractivity contribution in [3.05, 3.63) is 36.0 Å². The van der Waals surface area contributed by atoms with Crippen molar-refractivity contribution < 1.29 is 17.9 Å². The highest BCUT2D eigenvalue weighted by molar-refractivity contribution is 5.62. The molecule has 154 valence electrons. The van der Waals surface area contributed by atoms with Gasteiger partial charge in [0, 0.05) is 43.8 Å². The molecule has 1 N–H and O–H groups in total. The van der Waals surface area contributed by atoms with Crippen molar-refractivity contribution in [1.29, 1.82) is 0 Å². The zero-order chi connectivity index (χ0) is 20.1. The summed E-state index contributed by atoms with van der Waals surface area (Å²) in [4.78, 5) is 12.1. The number of hydrogen-bond acceptors (Lipinski definition) is 6. The van der Waals surface area contributed by atoms with Gasteiger partial charge in [-0.3, -0.25) is 0 Å². The average Bonchev–Trinajstić information content (AvgIpc) is 3.14. The monoisotopic (exact) mass is 405 g/mol. The Labute approximate surface area is 166 Å². The second kappa shape index (κ2) is 6.76. The van der Waals surface area contributed by atoms with E-state index >= 15 is 0 Å². The molecule has 0 atom stereocenters. The maximum atomic E-state index is 13.4. The van der Waals surface area contributed by atoms with Crippen molar-refractivity contribution in [3.8, 4) is 0 Å². The molecule has 9 heteroatoms. The summed E-state index contributed by atoms with van der Waals surface area (Å²) in [5, 5.41) is 3.03. The first kappa shape index (κ1) is 18.5. The van der Waals surface area contributed by atoms with Gasteiger partial charge in [0.25, 0.3) is 0 Å². The summed E-state index contributed by atoms with van der Waals surface area (Å²) in [6, 6.07) is 7.79. The van der Waals surface area contributed by atoms with Crippen molar-refractivity contribution in [2.24, 2.45) is 5.41 Å². The molecule has 0 saturated carbocycles. The molecule has 3 fully saturated rings. The van der Waals surface area contributed by atoms with Crippen LogP contribution in [0.2, 0.25) is 0 Å². The molecular formula is C20H22F3N5O. The van der Waals surface area contributed by atoms with E-state index in [1.807, 2.05) is 24.3 Å². The molecule has 3 saturated heterocycles. The minimum absolute atomic E-state index is 0.0438. The Morgan fingerprint density at radius 1 is 1.00 bits per heavy atom. The van der Waals surface area contributed by atoms with E-state index in [4.69, 9.17) is 4.74 Å². The zero-order valence-electron chi connectivity index (χ0n) is 15.9. The molecule has 1 aromatic heterocycles. The van der Waals surface area contributed by atoms with E-state index in [1.165, 1.54) is 0 Å². The molecule has 0 amide bonds. The van der Waals surface area contributed by atoms with Crippen LogP contribution in [0.5, 0.6) is 0 Å². The molecule has 1 aromatic carbocycles. The predicted octanol–water partition coefficient (Wildman–Crippen LogP) is 3.68. The summed E-state index contributed by atoms with van der Waals surface area (Å²) < 4.78 is 45.4. The summed E-state index contributed by atoms with van der Waals surface area (Å²) in [6.45, 7) is 4.84. The quantitative estimate of drug-likeness (QED) is 0.838. The van der Waals surface area contributed by atoms with Crippen LogP contribution >= 0.6 is 0 Å².